The Morgan fingerprint density at radius 2 is 1.83 bits per heavy atom. The maximum Gasteiger partial charge on any atom is 0.304 e. The zero-order valence-electron chi connectivity index (χ0n) is 10.3. The molecule has 0 amide bonds. The van der Waals surface area contributed by atoms with E-state index in [4.69, 9.17) is 14.6 Å². The summed E-state index contributed by atoms with van der Waals surface area (Å²) in [4.78, 5) is 10.9. The van der Waals surface area contributed by atoms with E-state index in [1.165, 1.54) is 26.4 Å². The molecule has 0 heterocycles. The van der Waals surface area contributed by atoms with Crippen LogP contribution in [-0.4, -0.2) is 25.3 Å². The molecule has 4 nitrogen and oxygen atoms in total. The van der Waals surface area contributed by atoms with Gasteiger partial charge in [-0.1, -0.05) is 0 Å². The van der Waals surface area contributed by atoms with Crippen molar-refractivity contribution in [2.45, 2.75) is 24.7 Å². The fourth-order valence-corrected chi connectivity index (χ4v) is 2.36. The van der Waals surface area contributed by atoms with Crippen LogP contribution in [0.2, 0.25) is 0 Å². The summed E-state index contributed by atoms with van der Waals surface area (Å²) in [5.41, 5.74) is 0.187. The summed E-state index contributed by atoms with van der Waals surface area (Å²) in [5.74, 6) is -0.629. The van der Waals surface area contributed by atoms with Crippen LogP contribution in [0.5, 0.6) is 11.5 Å². The van der Waals surface area contributed by atoms with Crippen LogP contribution in [0.3, 0.4) is 0 Å². The zero-order valence-corrected chi connectivity index (χ0v) is 10.3. The standard InChI is InChI=1S/C13H15FO4/c1-17-9-5-8(14)6-10(18-2)12(9)13(3-4-13)7-11(15)16/h5-6H,3-4,7H2,1-2H3,(H,15,16). The van der Waals surface area contributed by atoms with Crippen molar-refractivity contribution in [3.05, 3.63) is 23.5 Å². The second kappa shape index (κ2) is 4.48. The Kier molecular flexibility index (Phi) is 3.15. The Hall–Kier alpha value is -1.78. The molecule has 5 heteroatoms. The van der Waals surface area contributed by atoms with E-state index in [9.17, 15) is 9.18 Å². The van der Waals surface area contributed by atoms with Crippen molar-refractivity contribution >= 4 is 5.97 Å². The summed E-state index contributed by atoms with van der Waals surface area (Å²) < 4.78 is 23.7. The van der Waals surface area contributed by atoms with Gasteiger partial charge in [-0.2, -0.15) is 0 Å². The zero-order chi connectivity index (χ0) is 13.3. The molecule has 0 spiro atoms. The van der Waals surface area contributed by atoms with E-state index in [-0.39, 0.29) is 6.42 Å². The normalized spacial score (nSPS) is 16.2. The molecule has 0 saturated heterocycles. The second-order valence-corrected chi connectivity index (χ2v) is 4.54. The highest BCUT2D eigenvalue weighted by Crippen LogP contribution is 2.57. The van der Waals surface area contributed by atoms with Crippen LogP contribution in [0.25, 0.3) is 0 Å². The third-order valence-corrected chi connectivity index (χ3v) is 3.34. The highest BCUT2D eigenvalue weighted by atomic mass is 19.1. The highest BCUT2D eigenvalue weighted by Gasteiger charge is 2.49. The van der Waals surface area contributed by atoms with Gasteiger partial charge in [0.25, 0.3) is 0 Å². The van der Waals surface area contributed by atoms with Crippen LogP contribution in [0.4, 0.5) is 4.39 Å². The van der Waals surface area contributed by atoms with E-state index in [1.54, 1.807) is 0 Å². The Morgan fingerprint density at radius 1 is 1.33 bits per heavy atom. The minimum atomic E-state index is -0.874. The number of halogens is 1. The Labute approximate surface area is 104 Å². The lowest BCUT2D eigenvalue weighted by molar-refractivity contribution is -0.137. The average molecular weight is 254 g/mol. The van der Waals surface area contributed by atoms with Crippen molar-refractivity contribution in [3.8, 4) is 11.5 Å². The molecular weight excluding hydrogens is 239 g/mol. The first kappa shape index (κ1) is 12.7. The molecule has 0 bridgehead atoms. The van der Waals surface area contributed by atoms with Gasteiger partial charge < -0.3 is 14.6 Å². The van der Waals surface area contributed by atoms with E-state index in [1.807, 2.05) is 0 Å². The van der Waals surface area contributed by atoms with Gasteiger partial charge in [0.1, 0.15) is 17.3 Å². The van der Waals surface area contributed by atoms with Crippen molar-refractivity contribution in [2.75, 3.05) is 14.2 Å². The predicted molar refractivity (Wildman–Crippen MR) is 62.7 cm³/mol. The van der Waals surface area contributed by atoms with E-state index < -0.39 is 17.2 Å². The summed E-state index contributed by atoms with van der Waals surface area (Å²) in [6.45, 7) is 0. The number of hydrogen-bond donors (Lipinski definition) is 1. The molecule has 1 N–H and O–H groups in total. The molecule has 1 saturated carbocycles. The monoisotopic (exact) mass is 254 g/mol. The van der Waals surface area contributed by atoms with Crippen molar-refractivity contribution in [2.24, 2.45) is 0 Å². The van der Waals surface area contributed by atoms with Gasteiger partial charge in [0.2, 0.25) is 0 Å². The van der Waals surface area contributed by atoms with Crippen molar-refractivity contribution in [3.63, 3.8) is 0 Å². The van der Waals surface area contributed by atoms with Gasteiger partial charge >= 0.3 is 5.97 Å². The largest absolute Gasteiger partial charge is 0.496 e. The SMILES string of the molecule is COc1cc(F)cc(OC)c1C1(CC(=O)O)CC1. The lowest BCUT2D eigenvalue weighted by atomic mass is 9.90. The molecule has 2 rings (SSSR count). The first-order chi connectivity index (χ1) is 8.52. The Bertz CT molecular complexity index is 455. The molecule has 0 atom stereocenters. The summed E-state index contributed by atoms with van der Waals surface area (Å²) >= 11 is 0. The lowest BCUT2D eigenvalue weighted by Gasteiger charge is -2.20. The number of hydrogen-bond acceptors (Lipinski definition) is 3. The van der Waals surface area contributed by atoms with Gasteiger partial charge in [0.05, 0.1) is 20.6 Å². The van der Waals surface area contributed by atoms with E-state index in [0.29, 0.717) is 17.1 Å². The third kappa shape index (κ3) is 2.12. The second-order valence-electron chi connectivity index (χ2n) is 4.54. The lowest BCUT2D eigenvalue weighted by Crippen LogP contribution is -2.15. The molecule has 1 aliphatic carbocycles. The summed E-state index contributed by atoms with van der Waals surface area (Å²) in [7, 11) is 2.88. The summed E-state index contributed by atoms with van der Waals surface area (Å²) in [6.07, 6.45) is 1.50. The number of rotatable bonds is 5. The number of methoxy groups -OCH3 is 2. The molecule has 1 aromatic carbocycles. The van der Waals surface area contributed by atoms with Gasteiger partial charge in [-0.3, -0.25) is 4.79 Å². The number of ether oxygens (including phenoxy) is 2. The average Bonchev–Trinajstić information content (AvgIpc) is 3.07. The maximum atomic E-state index is 13.4. The van der Waals surface area contributed by atoms with Crippen LogP contribution in [-0.2, 0) is 10.2 Å². The van der Waals surface area contributed by atoms with E-state index in [0.717, 1.165) is 12.8 Å². The fraction of sp³-hybridized carbons (Fsp3) is 0.462. The van der Waals surface area contributed by atoms with Gasteiger partial charge in [-0.25, -0.2) is 4.39 Å². The molecule has 0 aromatic heterocycles. The molecule has 0 unspecified atom stereocenters. The van der Waals surface area contributed by atoms with Gasteiger partial charge in [0.15, 0.2) is 0 Å². The number of benzene rings is 1. The quantitative estimate of drug-likeness (QED) is 0.876. The van der Waals surface area contributed by atoms with Crippen LogP contribution < -0.4 is 9.47 Å². The smallest absolute Gasteiger partial charge is 0.304 e. The first-order valence-electron chi connectivity index (χ1n) is 5.66. The van der Waals surface area contributed by atoms with Crippen molar-refractivity contribution < 1.29 is 23.8 Å². The fourth-order valence-electron chi connectivity index (χ4n) is 2.36. The van der Waals surface area contributed by atoms with Gasteiger partial charge in [0, 0.05) is 23.1 Å². The number of carboxylic acids is 1. The molecule has 1 fully saturated rings. The van der Waals surface area contributed by atoms with Crippen molar-refractivity contribution in [1.82, 2.24) is 0 Å². The number of aliphatic carboxylic acids is 1. The molecule has 0 aliphatic heterocycles. The maximum absolute atomic E-state index is 13.4. The number of carbonyl (C=O) groups is 1. The minimum absolute atomic E-state index is 0.00531. The first-order valence-corrected chi connectivity index (χ1v) is 5.66. The molecule has 18 heavy (non-hydrogen) atoms. The third-order valence-electron chi connectivity index (χ3n) is 3.34. The summed E-state index contributed by atoms with van der Waals surface area (Å²) in [5, 5.41) is 8.98. The topological polar surface area (TPSA) is 55.8 Å². The van der Waals surface area contributed by atoms with E-state index >= 15 is 0 Å². The van der Waals surface area contributed by atoms with Crippen LogP contribution >= 0.6 is 0 Å². The summed E-state index contributed by atoms with van der Waals surface area (Å²) in [6, 6.07) is 2.53. The minimum Gasteiger partial charge on any atom is -0.496 e. The molecule has 0 radical (unpaired) electrons. The van der Waals surface area contributed by atoms with Gasteiger partial charge in [-0.15, -0.1) is 0 Å². The van der Waals surface area contributed by atoms with Crippen LogP contribution in [0.15, 0.2) is 12.1 Å². The van der Waals surface area contributed by atoms with Crippen molar-refractivity contribution in [1.29, 1.82) is 0 Å². The van der Waals surface area contributed by atoms with Gasteiger partial charge in [-0.05, 0) is 12.8 Å². The highest BCUT2D eigenvalue weighted by molar-refractivity contribution is 5.71. The Morgan fingerprint density at radius 3 is 2.17 bits per heavy atom. The van der Waals surface area contributed by atoms with E-state index in [2.05, 4.69) is 0 Å². The molecule has 98 valence electrons. The Balaban J connectivity index is 2.51. The molecular formula is C13H15FO4. The number of carboxylic acid groups (broad SMARTS) is 1. The van der Waals surface area contributed by atoms with Crippen LogP contribution in [0, 0.1) is 5.82 Å². The van der Waals surface area contributed by atoms with Crippen LogP contribution in [0.1, 0.15) is 24.8 Å². The molecule has 1 aromatic rings. The molecule has 1 aliphatic rings. The predicted octanol–water partition coefficient (Wildman–Crippen LogP) is 2.35.